The van der Waals surface area contributed by atoms with Gasteiger partial charge >= 0.3 is 0 Å². The first-order valence-electron chi connectivity index (χ1n) is 7.07. The highest BCUT2D eigenvalue weighted by atomic mass is 14.1. The highest BCUT2D eigenvalue weighted by Gasteiger charge is 2.10. The van der Waals surface area contributed by atoms with Gasteiger partial charge in [0.2, 0.25) is 0 Å². The van der Waals surface area contributed by atoms with Gasteiger partial charge in [0.25, 0.3) is 0 Å². The fraction of sp³-hybridized carbons (Fsp3) is 0.100. The molecular formula is C20H16. The minimum atomic E-state index is 1.35. The second-order valence-electron chi connectivity index (χ2n) is 5.63. The Kier molecular flexibility index (Phi) is 2.34. The summed E-state index contributed by atoms with van der Waals surface area (Å²) in [6.45, 7) is 4.39. The lowest BCUT2D eigenvalue weighted by atomic mass is 9.94. The second kappa shape index (κ2) is 4.08. The molecule has 0 radical (unpaired) electrons. The second-order valence-corrected chi connectivity index (χ2v) is 5.63. The van der Waals surface area contributed by atoms with Gasteiger partial charge in [0.05, 0.1) is 0 Å². The molecular weight excluding hydrogens is 240 g/mol. The fourth-order valence-electron chi connectivity index (χ4n) is 3.31. The first kappa shape index (κ1) is 11.5. The van der Waals surface area contributed by atoms with Gasteiger partial charge in [-0.25, -0.2) is 0 Å². The molecule has 0 aromatic heterocycles. The Balaban J connectivity index is 2.47. The number of hydrogen-bond donors (Lipinski definition) is 0. The van der Waals surface area contributed by atoms with E-state index in [4.69, 9.17) is 0 Å². The molecule has 0 heterocycles. The van der Waals surface area contributed by atoms with Crippen LogP contribution < -0.4 is 10.4 Å². The normalized spacial score (nSPS) is 12.7. The largest absolute Gasteiger partial charge is 0.0685 e. The van der Waals surface area contributed by atoms with Gasteiger partial charge in [-0.1, -0.05) is 66.3 Å². The molecule has 0 saturated heterocycles. The van der Waals surface area contributed by atoms with Crippen molar-refractivity contribution in [3.05, 3.63) is 64.5 Å². The van der Waals surface area contributed by atoms with Crippen molar-refractivity contribution in [2.75, 3.05) is 0 Å². The Morgan fingerprint density at radius 3 is 2.35 bits per heavy atom. The Bertz CT molecular complexity index is 998. The summed E-state index contributed by atoms with van der Waals surface area (Å²) in [4.78, 5) is 0. The van der Waals surface area contributed by atoms with E-state index in [2.05, 4.69) is 74.5 Å². The fourth-order valence-corrected chi connectivity index (χ4v) is 3.31. The molecule has 0 unspecified atom stereocenters. The summed E-state index contributed by atoms with van der Waals surface area (Å²) in [6.07, 6.45) is 6.65. The van der Waals surface area contributed by atoms with Crippen LogP contribution in [-0.2, 0) is 0 Å². The maximum absolute atomic E-state index is 2.25. The van der Waals surface area contributed by atoms with Crippen molar-refractivity contribution in [3.8, 4) is 0 Å². The predicted molar refractivity (Wildman–Crippen MR) is 89.0 cm³/mol. The Labute approximate surface area is 118 Å². The zero-order chi connectivity index (χ0) is 13.7. The lowest BCUT2D eigenvalue weighted by molar-refractivity contribution is 1.53. The molecule has 3 aromatic carbocycles. The van der Waals surface area contributed by atoms with Crippen LogP contribution in [0.1, 0.15) is 19.4 Å². The van der Waals surface area contributed by atoms with E-state index in [-0.39, 0.29) is 0 Å². The maximum Gasteiger partial charge on any atom is -0.00270 e. The highest BCUT2D eigenvalue weighted by Crippen LogP contribution is 2.25. The molecule has 0 saturated carbocycles. The Hall–Kier alpha value is -2.34. The molecule has 0 aliphatic heterocycles. The number of hydrogen-bond acceptors (Lipinski definition) is 0. The van der Waals surface area contributed by atoms with Gasteiger partial charge in [0.15, 0.2) is 0 Å². The van der Waals surface area contributed by atoms with E-state index in [0.717, 1.165) is 0 Å². The van der Waals surface area contributed by atoms with Crippen LogP contribution in [0.25, 0.3) is 39.3 Å². The quantitative estimate of drug-likeness (QED) is 0.533. The lowest BCUT2D eigenvalue weighted by Crippen LogP contribution is -2.13. The first-order valence-corrected chi connectivity index (χ1v) is 7.07. The van der Waals surface area contributed by atoms with E-state index in [9.17, 15) is 0 Å². The van der Waals surface area contributed by atoms with Crippen molar-refractivity contribution in [1.29, 1.82) is 0 Å². The molecule has 0 amide bonds. The smallest absolute Gasteiger partial charge is 0.00270 e. The zero-order valence-electron chi connectivity index (χ0n) is 11.8. The third-order valence-corrected chi connectivity index (χ3v) is 4.20. The van der Waals surface area contributed by atoms with Crippen molar-refractivity contribution in [2.24, 2.45) is 0 Å². The van der Waals surface area contributed by atoms with E-state index in [1.807, 2.05) is 0 Å². The van der Waals surface area contributed by atoms with Crippen LogP contribution in [0, 0.1) is 0 Å². The molecule has 20 heavy (non-hydrogen) atoms. The molecule has 0 fully saturated rings. The van der Waals surface area contributed by atoms with E-state index in [1.54, 1.807) is 0 Å². The third-order valence-electron chi connectivity index (χ3n) is 4.20. The molecule has 1 aliphatic rings. The number of rotatable bonds is 0. The van der Waals surface area contributed by atoms with E-state index < -0.39 is 0 Å². The van der Waals surface area contributed by atoms with Gasteiger partial charge in [-0.05, 0) is 51.4 Å². The summed E-state index contributed by atoms with van der Waals surface area (Å²) in [7, 11) is 0. The highest BCUT2D eigenvalue weighted by molar-refractivity contribution is 6.12. The van der Waals surface area contributed by atoms with Crippen LogP contribution in [0.15, 0.2) is 48.5 Å². The van der Waals surface area contributed by atoms with Gasteiger partial charge in [0.1, 0.15) is 0 Å². The van der Waals surface area contributed by atoms with Crippen LogP contribution in [0.2, 0.25) is 0 Å². The molecule has 1 aliphatic carbocycles. The van der Waals surface area contributed by atoms with Crippen LogP contribution in [-0.4, -0.2) is 0 Å². The SMILES string of the molecule is CC(C)=c1cccc2c1c1c(c3ccccc32)=CC=C1. The van der Waals surface area contributed by atoms with Gasteiger partial charge in [-0.2, -0.15) is 0 Å². The van der Waals surface area contributed by atoms with Gasteiger partial charge in [0, 0.05) is 0 Å². The van der Waals surface area contributed by atoms with Crippen LogP contribution >= 0.6 is 0 Å². The van der Waals surface area contributed by atoms with Gasteiger partial charge < -0.3 is 0 Å². The minimum absolute atomic E-state index is 1.35. The molecule has 0 atom stereocenters. The number of fused-ring (bicyclic) bond motifs is 6. The molecule has 3 aromatic rings. The van der Waals surface area contributed by atoms with Crippen LogP contribution in [0.4, 0.5) is 0 Å². The van der Waals surface area contributed by atoms with Crippen LogP contribution in [0.3, 0.4) is 0 Å². The van der Waals surface area contributed by atoms with E-state index >= 15 is 0 Å². The zero-order valence-corrected chi connectivity index (χ0v) is 11.8. The van der Waals surface area contributed by atoms with Crippen molar-refractivity contribution in [2.45, 2.75) is 13.8 Å². The van der Waals surface area contributed by atoms with Gasteiger partial charge in [-0.15, -0.1) is 0 Å². The minimum Gasteiger partial charge on any atom is -0.0685 e. The van der Waals surface area contributed by atoms with E-state index in [1.165, 1.54) is 43.1 Å². The van der Waals surface area contributed by atoms with Crippen molar-refractivity contribution in [1.82, 2.24) is 0 Å². The summed E-state index contributed by atoms with van der Waals surface area (Å²) in [5.41, 5.74) is 2.74. The monoisotopic (exact) mass is 256 g/mol. The molecule has 0 spiro atoms. The summed E-state index contributed by atoms with van der Waals surface area (Å²) in [5, 5.41) is 8.19. The van der Waals surface area contributed by atoms with Crippen molar-refractivity contribution >= 4 is 39.3 Å². The number of allylic oxidation sites excluding steroid dienone is 1. The third kappa shape index (κ3) is 1.42. The predicted octanol–water partition coefficient (Wildman–Crippen LogP) is 3.99. The molecule has 4 rings (SSSR count). The Morgan fingerprint density at radius 1 is 0.800 bits per heavy atom. The van der Waals surface area contributed by atoms with Crippen LogP contribution in [0.5, 0.6) is 0 Å². The molecule has 0 nitrogen and oxygen atoms in total. The first-order chi connectivity index (χ1) is 9.77. The summed E-state index contributed by atoms with van der Waals surface area (Å²) in [5.74, 6) is 0. The average Bonchev–Trinajstić information content (AvgIpc) is 2.96. The van der Waals surface area contributed by atoms with Crippen molar-refractivity contribution in [3.63, 3.8) is 0 Å². The van der Waals surface area contributed by atoms with Crippen molar-refractivity contribution < 1.29 is 0 Å². The average molecular weight is 256 g/mol. The summed E-state index contributed by atoms with van der Waals surface area (Å²) < 4.78 is 0. The van der Waals surface area contributed by atoms with E-state index in [0.29, 0.717) is 0 Å². The molecule has 0 heteroatoms. The Morgan fingerprint density at radius 2 is 1.55 bits per heavy atom. The standard InChI is InChI=1S/C20H16/c1-13(2)14-9-5-11-18-16-8-4-3-7-15(16)17-10-6-12-19(17)20(14)18/h3-12H,1-2H3. The topological polar surface area (TPSA) is 0 Å². The molecule has 0 N–H and O–H groups in total. The number of benzene rings is 3. The molecule has 96 valence electrons. The lowest BCUT2D eigenvalue weighted by Gasteiger charge is -2.10. The molecule has 0 bridgehead atoms. The van der Waals surface area contributed by atoms with Gasteiger partial charge in [-0.3, -0.25) is 0 Å². The summed E-state index contributed by atoms with van der Waals surface area (Å²) in [6, 6.07) is 15.4. The maximum atomic E-state index is 2.25. The summed E-state index contributed by atoms with van der Waals surface area (Å²) >= 11 is 0.